The number of nitrogens with one attached hydrogen (secondary N) is 2. The number of guanidine groups is 1. The first-order chi connectivity index (χ1) is 21.7. The number of rotatable bonds is 14. The molecule has 4 rings (SSSR count). The van der Waals surface area contributed by atoms with Gasteiger partial charge in [-0.1, -0.05) is 65.2 Å². The topological polar surface area (TPSA) is 90.1 Å². The Balaban J connectivity index is 1.72. The van der Waals surface area contributed by atoms with Gasteiger partial charge >= 0.3 is 0 Å². The number of unbranched alkanes of at least 4 members (excludes halogenated alkanes) is 2. The molecule has 0 aromatic carbocycles. The molecule has 4 N–H and O–H groups in total. The van der Waals surface area contributed by atoms with E-state index in [1.54, 1.807) is 0 Å². The van der Waals surface area contributed by atoms with E-state index in [1.165, 1.54) is 51.4 Å². The summed E-state index contributed by atoms with van der Waals surface area (Å²) in [6.07, 6.45) is 22.4. The lowest BCUT2D eigenvalue weighted by molar-refractivity contribution is -0.347. The van der Waals surface area contributed by atoms with Gasteiger partial charge in [-0.05, 0) is 119 Å². The zero-order chi connectivity index (χ0) is 33.6. The van der Waals surface area contributed by atoms with Crippen molar-refractivity contribution in [3.8, 4) is 0 Å². The number of piperidine rings is 2. The fourth-order valence-electron chi connectivity index (χ4n) is 10.1. The van der Waals surface area contributed by atoms with Crippen LogP contribution in [0.1, 0.15) is 177 Å². The van der Waals surface area contributed by atoms with Crippen LogP contribution in [0.2, 0.25) is 0 Å². The minimum absolute atomic E-state index is 0.101. The Morgan fingerprint density at radius 3 is 1.74 bits per heavy atom. The highest BCUT2D eigenvalue weighted by atomic mass is 16.7. The molecule has 46 heavy (non-hydrogen) atoms. The van der Waals surface area contributed by atoms with Crippen LogP contribution in [-0.2, 0) is 9.68 Å². The standard InChI is InChI=1S/C38H74N6O2/c1-9-11-23-41-30-25-35(3,4)43(45-32-19-15-13-16-20-32)37(7,26-30)29-38(8)28-31(42(34(39)40)24-12-10-2)27-36(5,6)44(38)46-33-21-17-14-18-22-33/h30-33,41H,9-29H2,1-8H3,(H3,39,40). The second kappa shape index (κ2) is 16.2. The van der Waals surface area contributed by atoms with Crippen LogP contribution in [0.5, 0.6) is 0 Å². The van der Waals surface area contributed by atoms with E-state index in [2.05, 4.69) is 75.7 Å². The Bertz CT molecular complexity index is 947. The molecular formula is C38H74N6O2. The van der Waals surface area contributed by atoms with Gasteiger partial charge in [0.2, 0.25) is 0 Å². The second-order valence-corrected chi connectivity index (χ2v) is 17.5. The van der Waals surface area contributed by atoms with Gasteiger partial charge in [0.25, 0.3) is 0 Å². The van der Waals surface area contributed by atoms with E-state index < -0.39 is 0 Å². The van der Waals surface area contributed by atoms with Crippen LogP contribution >= 0.6 is 0 Å². The van der Waals surface area contributed by atoms with E-state index in [0.29, 0.717) is 12.1 Å². The first-order valence-corrected chi connectivity index (χ1v) is 19.5. The van der Waals surface area contributed by atoms with Gasteiger partial charge in [0.1, 0.15) is 0 Å². The molecule has 2 aliphatic heterocycles. The zero-order valence-electron chi connectivity index (χ0n) is 31.4. The van der Waals surface area contributed by atoms with Gasteiger partial charge in [-0.3, -0.25) is 15.1 Å². The first-order valence-electron chi connectivity index (χ1n) is 19.5. The van der Waals surface area contributed by atoms with Gasteiger partial charge in [0.05, 0.1) is 12.2 Å². The van der Waals surface area contributed by atoms with Crippen LogP contribution in [0.25, 0.3) is 0 Å². The summed E-state index contributed by atoms with van der Waals surface area (Å²) in [5, 5.41) is 17.6. The third-order valence-electron chi connectivity index (χ3n) is 11.8. The summed E-state index contributed by atoms with van der Waals surface area (Å²) < 4.78 is 0. The predicted molar refractivity (Wildman–Crippen MR) is 192 cm³/mol. The SMILES string of the molecule is CCCCNC1CC(C)(C)N(OC2CCCCC2)C(C)(CC2(C)CC(N(CCCC)C(=N)N)CC(C)(C)N2OC2CCCCC2)C1. The molecule has 4 atom stereocenters. The molecule has 2 saturated heterocycles. The summed E-state index contributed by atoms with van der Waals surface area (Å²) in [5.41, 5.74) is 5.57. The van der Waals surface area contributed by atoms with Gasteiger partial charge in [-0.15, -0.1) is 0 Å². The minimum Gasteiger partial charge on any atom is -0.370 e. The van der Waals surface area contributed by atoms with Gasteiger partial charge in [-0.2, -0.15) is 10.1 Å². The Morgan fingerprint density at radius 1 is 0.739 bits per heavy atom. The third kappa shape index (κ3) is 9.40. The maximum atomic E-state index is 8.63. The van der Waals surface area contributed by atoms with Crippen LogP contribution in [0.4, 0.5) is 0 Å². The largest absolute Gasteiger partial charge is 0.370 e. The van der Waals surface area contributed by atoms with Crippen molar-refractivity contribution in [2.45, 2.75) is 224 Å². The lowest BCUT2D eigenvalue weighted by Crippen LogP contribution is -2.72. The monoisotopic (exact) mass is 647 g/mol. The molecular weight excluding hydrogens is 572 g/mol. The normalized spacial score (nSPS) is 33.2. The Morgan fingerprint density at radius 2 is 1.24 bits per heavy atom. The maximum absolute atomic E-state index is 8.63. The van der Waals surface area contributed by atoms with E-state index in [9.17, 15) is 0 Å². The van der Waals surface area contributed by atoms with Crippen molar-refractivity contribution in [2.24, 2.45) is 5.73 Å². The fraction of sp³-hybridized carbons (Fsp3) is 0.974. The summed E-state index contributed by atoms with van der Waals surface area (Å²) in [6, 6.07) is 0.640. The van der Waals surface area contributed by atoms with Gasteiger partial charge < -0.3 is 16.0 Å². The molecule has 0 aromatic rings. The number of hydrogen-bond donors (Lipinski definition) is 3. The van der Waals surface area contributed by atoms with Crippen molar-refractivity contribution < 1.29 is 9.68 Å². The average molecular weight is 647 g/mol. The zero-order valence-corrected chi connectivity index (χ0v) is 31.4. The summed E-state index contributed by atoms with van der Waals surface area (Å²) >= 11 is 0. The fourth-order valence-corrected chi connectivity index (χ4v) is 10.1. The highest BCUT2D eigenvalue weighted by molar-refractivity contribution is 5.75. The number of hydroxylamine groups is 4. The van der Waals surface area contributed by atoms with Crippen LogP contribution in [0.3, 0.4) is 0 Å². The molecule has 4 aliphatic rings. The van der Waals surface area contributed by atoms with Crippen molar-refractivity contribution in [2.75, 3.05) is 13.1 Å². The maximum Gasteiger partial charge on any atom is 0.188 e. The molecule has 2 saturated carbocycles. The quantitative estimate of drug-likeness (QED) is 0.0994. The molecule has 8 nitrogen and oxygen atoms in total. The summed E-state index contributed by atoms with van der Waals surface area (Å²) in [5.74, 6) is 0.214. The lowest BCUT2D eigenvalue weighted by atomic mass is 9.67. The van der Waals surface area contributed by atoms with E-state index >= 15 is 0 Å². The Kier molecular flexibility index (Phi) is 13.3. The summed E-state index contributed by atoms with van der Waals surface area (Å²) in [7, 11) is 0. The van der Waals surface area contributed by atoms with Crippen molar-refractivity contribution in [3.63, 3.8) is 0 Å². The summed E-state index contributed by atoms with van der Waals surface area (Å²) in [4.78, 5) is 16.6. The van der Waals surface area contributed by atoms with E-state index in [1.807, 2.05) is 0 Å². The number of nitrogens with zero attached hydrogens (tertiary/aromatic N) is 3. The molecule has 4 unspecified atom stereocenters. The molecule has 8 heteroatoms. The van der Waals surface area contributed by atoms with Gasteiger partial charge in [-0.25, -0.2) is 0 Å². The van der Waals surface area contributed by atoms with Crippen molar-refractivity contribution in [1.29, 1.82) is 5.41 Å². The highest BCUT2D eigenvalue weighted by Gasteiger charge is 2.58. The van der Waals surface area contributed by atoms with Crippen molar-refractivity contribution in [3.05, 3.63) is 0 Å². The first kappa shape index (κ1) is 37.9. The molecule has 0 spiro atoms. The van der Waals surface area contributed by atoms with Gasteiger partial charge in [0, 0.05) is 40.8 Å². The molecule has 4 fully saturated rings. The van der Waals surface area contributed by atoms with Gasteiger partial charge in [0.15, 0.2) is 5.96 Å². The van der Waals surface area contributed by atoms with Crippen LogP contribution < -0.4 is 11.1 Å². The number of hydrogen-bond acceptors (Lipinski definition) is 6. The smallest absolute Gasteiger partial charge is 0.188 e. The molecule has 0 bridgehead atoms. The Hall–Kier alpha value is -0.930. The van der Waals surface area contributed by atoms with E-state index in [-0.39, 0.29) is 40.3 Å². The van der Waals surface area contributed by atoms with E-state index in [4.69, 9.17) is 20.8 Å². The van der Waals surface area contributed by atoms with E-state index in [0.717, 1.165) is 83.7 Å². The predicted octanol–water partition coefficient (Wildman–Crippen LogP) is 8.29. The highest BCUT2D eigenvalue weighted by Crippen LogP contribution is 2.50. The van der Waals surface area contributed by atoms with Crippen LogP contribution in [0, 0.1) is 5.41 Å². The lowest BCUT2D eigenvalue weighted by Gasteiger charge is -2.63. The van der Waals surface area contributed by atoms with Crippen molar-refractivity contribution in [1.82, 2.24) is 20.3 Å². The van der Waals surface area contributed by atoms with Crippen LogP contribution in [-0.4, -0.2) is 80.5 Å². The second-order valence-electron chi connectivity index (χ2n) is 17.5. The molecule has 0 aromatic heterocycles. The number of nitrogens with two attached hydrogens (primary N) is 1. The average Bonchev–Trinajstić information content (AvgIpc) is 2.98. The Labute approximate surface area is 283 Å². The molecule has 268 valence electrons. The molecule has 2 heterocycles. The molecule has 0 amide bonds. The molecule has 2 aliphatic carbocycles. The van der Waals surface area contributed by atoms with Crippen molar-refractivity contribution >= 4 is 5.96 Å². The minimum atomic E-state index is -0.270. The summed E-state index contributed by atoms with van der Waals surface area (Å²) in [6.45, 7) is 21.0. The molecule has 0 radical (unpaired) electrons. The van der Waals surface area contributed by atoms with Crippen LogP contribution in [0.15, 0.2) is 0 Å². The third-order valence-corrected chi connectivity index (χ3v) is 11.8.